The lowest BCUT2D eigenvalue weighted by Gasteiger charge is -2.20. The molecule has 1 saturated carbocycles. The molecular formula is C18H25ClO3S. The maximum atomic E-state index is 10.9. The number of aliphatic hydroxyl groups excluding tert-OH is 1. The van der Waals surface area contributed by atoms with E-state index in [0.29, 0.717) is 17.2 Å². The van der Waals surface area contributed by atoms with Gasteiger partial charge in [-0.25, -0.2) is 4.79 Å². The summed E-state index contributed by atoms with van der Waals surface area (Å²) in [6.45, 7) is 2.14. The third-order valence-corrected chi connectivity index (χ3v) is 6.15. The Kier molecular flexibility index (Phi) is 7.12. The molecule has 2 rings (SSSR count). The van der Waals surface area contributed by atoms with Crippen LogP contribution in [0.3, 0.4) is 0 Å². The van der Waals surface area contributed by atoms with E-state index in [4.69, 9.17) is 16.7 Å². The summed E-state index contributed by atoms with van der Waals surface area (Å²) < 4.78 is 0. The quantitative estimate of drug-likeness (QED) is 0.523. The molecule has 5 heteroatoms. The van der Waals surface area contributed by atoms with Crippen LogP contribution in [0.1, 0.15) is 53.6 Å². The zero-order chi connectivity index (χ0) is 16.8. The summed E-state index contributed by atoms with van der Waals surface area (Å²) in [6, 6.07) is 3.57. The van der Waals surface area contributed by atoms with Crippen LogP contribution in [-0.4, -0.2) is 27.7 Å². The molecule has 0 radical (unpaired) electrons. The fourth-order valence-electron chi connectivity index (χ4n) is 3.29. The molecule has 0 aliphatic heterocycles. The van der Waals surface area contributed by atoms with Gasteiger partial charge >= 0.3 is 5.97 Å². The molecule has 3 nitrogen and oxygen atoms in total. The third kappa shape index (κ3) is 5.07. The monoisotopic (exact) mass is 356 g/mol. The van der Waals surface area contributed by atoms with E-state index in [1.54, 1.807) is 6.07 Å². The number of carboxylic acid groups (broad SMARTS) is 1. The van der Waals surface area contributed by atoms with Crippen LogP contribution in [0.4, 0.5) is 0 Å². The largest absolute Gasteiger partial charge is 0.477 e. The summed E-state index contributed by atoms with van der Waals surface area (Å²) in [5, 5.41) is 19.2. The number of alkyl halides is 1. The van der Waals surface area contributed by atoms with Crippen molar-refractivity contribution in [3.63, 3.8) is 0 Å². The SMILES string of the molecule is CCC/C=C/[C@@H]1[C@@H](CCCc2ccc(C(=O)O)s2)[C@H](Cl)C[C@H]1O. The van der Waals surface area contributed by atoms with Crippen molar-refractivity contribution in [3.8, 4) is 0 Å². The maximum Gasteiger partial charge on any atom is 0.345 e. The van der Waals surface area contributed by atoms with Crippen molar-refractivity contribution >= 4 is 28.9 Å². The molecular weight excluding hydrogens is 332 g/mol. The van der Waals surface area contributed by atoms with E-state index in [-0.39, 0.29) is 17.4 Å². The van der Waals surface area contributed by atoms with Gasteiger partial charge in [0, 0.05) is 16.2 Å². The van der Waals surface area contributed by atoms with E-state index >= 15 is 0 Å². The number of rotatable bonds is 8. The highest BCUT2D eigenvalue weighted by Crippen LogP contribution is 2.40. The van der Waals surface area contributed by atoms with Crippen LogP contribution >= 0.6 is 22.9 Å². The minimum absolute atomic E-state index is 0.0270. The van der Waals surface area contributed by atoms with Crippen molar-refractivity contribution in [2.45, 2.75) is 56.9 Å². The van der Waals surface area contributed by atoms with Crippen LogP contribution in [0, 0.1) is 11.8 Å². The number of aromatic carboxylic acids is 1. The van der Waals surface area contributed by atoms with E-state index in [1.807, 2.05) is 6.07 Å². The van der Waals surface area contributed by atoms with Crippen LogP contribution in [0.5, 0.6) is 0 Å². The molecule has 23 heavy (non-hydrogen) atoms. The third-order valence-electron chi connectivity index (χ3n) is 4.52. The molecule has 0 spiro atoms. The standard InChI is InChI=1S/C18H25ClO3S/c1-2-3-4-7-14-13(15(19)11-16(14)20)8-5-6-12-9-10-17(23-12)18(21)22/h4,7,9-10,13-16,20H,2-3,5-6,8,11H2,1H3,(H,21,22)/b7-4+/t13-,14-,15-,16-/m1/s1. The van der Waals surface area contributed by atoms with Gasteiger partial charge in [0.2, 0.25) is 0 Å². The van der Waals surface area contributed by atoms with Gasteiger partial charge in [0.25, 0.3) is 0 Å². The molecule has 4 atom stereocenters. The minimum Gasteiger partial charge on any atom is -0.477 e. The Balaban J connectivity index is 1.87. The molecule has 1 aromatic heterocycles. The van der Waals surface area contributed by atoms with E-state index in [9.17, 15) is 9.90 Å². The highest BCUT2D eigenvalue weighted by atomic mass is 35.5. The number of aryl methyl sites for hydroxylation is 1. The van der Waals surface area contributed by atoms with E-state index in [1.165, 1.54) is 11.3 Å². The average Bonchev–Trinajstić information content (AvgIpc) is 3.07. The molecule has 0 amide bonds. The Morgan fingerprint density at radius 1 is 1.48 bits per heavy atom. The Labute approximate surface area is 147 Å². The molecule has 0 aromatic carbocycles. The first-order valence-electron chi connectivity index (χ1n) is 8.33. The number of carbonyl (C=O) groups is 1. The van der Waals surface area contributed by atoms with Crippen LogP contribution in [0.25, 0.3) is 0 Å². The zero-order valence-corrected chi connectivity index (χ0v) is 15.0. The second-order valence-electron chi connectivity index (χ2n) is 6.24. The van der Waals surface area contributed by atoms with Gasteiger partial charge in [-0.05, 0) is 50.2 Å². The van der Waals surface area contributed by atoms with Crippen molar-refractivity contribution in [1.29, 1.82) is 0 Å². The highest BCUT2D eigenvalue weighted by Gasteiger charge is 2.39. The van der Waals surface area contributed by atoms with Crippen molar-refractivity contribution in [1.82, 2.24) is 0 Å². The lowest BCUT2D eigenvalue weighted by atomic mass is 9.89. The maximum absolute atomic E-state index is 10.9. The number of hydrogen-bond acceptors (Lipinski definition) is 3. The first-order chi connectivity index (χ1) is 11.0. The summed E-state index contributed by atoms with van der Waals surface area (Å²) in [7, 11) is 0. The van der Waals surface area contributed by atoms with Crippen molar-refractivity contribution in [2.24, 2.45) is 11.8 Å². The van der Waals surface area contributed by atoms with Gasteiger partial charge in [0.05, 0.1) is 6.10 Å². The molecule has 1 aliphatic carbocycles. The molecule has 0 unspecified atom stereocenters. The molecule has 1 fully saturated rings. The fraction of sp³-hybridized carbons (Fsp3) is 0.611. The smallest absolute Gasteiger partial charge is 0.345 e. The van der Waals surface area contributed by atoms with Crippen LogP contribution < -0.4 is 0 Å². The summed E-state index contributed by atoms with van der Waals surface area (Å²) in [5.74, 6) is -0.400. The Morgan fingerprint density at radius 3 is 2.91 bits per heavy atom. The summed E-state index contributed by atoms with van der Waals surface area (Å²) >= 11 is 7.79. The number of allylic oxidation sites excluding steroid dienone is 1. The zero-order valence-electron chi connectivity index (χ0n) is 13.5. The Hall–Kier alpha value is -0.840. The molecule has 1 heterocycles. The number of aliphatic hydroxyl groups is 1. The molecule has 1 aliphatic rings. The number of carboxylic acids is 1. The lowest BCUT2D eigenvalue weighted by molar-refractivity contribution is 0.0702. The lowest BCUT2D eigenvalue weighted by Crippen LogP contribution is -2.18. The van der Waals surface area contributed by atoms with Gasteiger partial charge in [0.15, 0.2) is 0 Å². The molecule has 128 valence electrons. The van der Waals surface area contributed by atoms with Gasteiger partial charge in [-0.3, -0.25) is 0 Å². The minimum atomic E-state index is -0.859. The first kappa shape index (κ1) is 18.5. The van der Waals surface area contributed by atoms with Gasteiger partial charge in [-0.2, -0.15) is 0 Å². The van der Waals surface area contributed by atoms with Gasteiger partial charge < -0.3 is 10.2 Å². The summed E-state index contributed by atoms with van der Waals surface area (Å²) in [6.07, 6.45) is 9.59. The second-order valence-corrected chi connectivity index (χ2v) is 7.97. The van der Waals surface area contributed by atoms with E-state index < -0.39 is 5.97 Å². The van der Waals surface area contributed by atoms with Crippen molar-refractivity contribution in [3.05, 3.63) is 34.0 Å². The number of thiophene rings is 1. The Bertz CT molecular complexity index is 540. The summed E-state index contributed by atoms with van der Waals surface area (Å²) in [4.78, 5) is 12.4. The fourth-order valence-corrected chi connectivity index (χ4v) is 4.66. The van der Waals surface area contributed by atoms with Gasteiger partial charge in [-0.1, -0.05) is 25.5 Å². The molecule has 1 aromatic rings. The topological polar surface area (TPSA) is 57.5 Å². The predicted molar refractivity (Wildman–Crippen MR) is 95.5 cm³/mol. The number of hydrogen-bond donors (Lipinski definition) is 2. The molecule has 0 bridgehead atoms. The number of unbranched alkanes of at least 4 members (excludes halogenated alkanes) is 1. The van der Waals surface area contributed by atoms with Crippen LogP contribution in [-0.2, 0) is 6.42 Å². The van der Waals surface area contributed by atoms with Crippen molar-refractivity contribution in [2.75, 3.05) is 0 Å². The summed E-state index contributed by atoms with van der Waals surface area (Å²) in [5.41, 5.74) is 0. The molecule has 0 saturated heterocycles. The van der Waals surface area contributed by atoms with E-state index in [0.717, 1.165) is 37.0 Å². The molecule has 2 N–H and O–H groups in total. The van der Waals surface area contributed by atoms with Gasteiger partial charge in [0.1, 0.15) is 4.88 Å². The highest BCUT2D eigenvalue weighted by molar-refractivity contribution is 7.13. The van der Waals surface area contributed by atoms with Crippen molar-refractivity contribution < 1.29 is 15.0 Å². The first-order valence-corrected chi connectivity index (χ1v) is 9.59. The number of halogens is 1. The normalized spacial score (nSPS) is 27.8. The predicted octanol–water partition coefficient (Wildman–Crippen LogP) is 4.73. The second kappa shape index (κ2) is 8.86. The average molecular weight is 357 g/mol. The van der Waals surface area contributed by atoms with E-state index in [2.05, 4.69) is 19.1 Å². The van der Waals surface area contributed by atoms with Crippen LogP contribution in [0.2, 0.25) is 0 Å². The van der Waals surface area contributed by atoms with Gasteiger partial charge in [-0.15, -0.1) is 22.9 Å². The Morgan fingerprint density at radius 2 is 2.26 bits per heavy atom. The van der Waals surface area contributed by atoms with Crippen LogP contribution in [0.15, 0.2) is 24.3 Å².